The first-order chi connectivity index (χ1) is 9.23. The molecular formula is C11H12F4N2O2S. The van der Waals surface area contributed by atoms with E-state index >= 15 is 0 Å². The molecule has 1 aromatic rings. The summed E-state index contributed by atoms with van der Waals surface area (Å²) in [4.78, 5) is 0.567. The fraction of sp³-hybridized carbons (Fsp3) is 0.455. The van der Waals surface area contributed by atoms with Crippen LogP contribution in [-0.4, -0.2) is 40.1 Å². The van der Waals surface area contributed by atoms with Crippen molar-refractivity contribution in [2.24, 2.45) is 0 Å². The Labute approximate surface area is 113 Å². The van der Waals surface area contributed by atoms with Gasteiger partial charge in [0, 0.05) is 26.2 Å². The topological polar surface area (TPSA) is 49.4 Å². The van der Waals surface area contributed by atoms with E-state index in [1.54, 1.807) is 4.90 Å². The van der Waals surface area contributed by atoms with Crippen molar-refractivity contribution in [3.8, 4) is 0 Å². The van der Waals surface area contributed by atoms with E-state index in [4.69, 9.17) is 0 Å². The van der Waals surface area contributed by atoms with Crippen molar-refractivity contribution >= 4 is 15.5 Å². The number of hydrogen-bond acceptors (Lipinski definition) is 4. The van der Waals surface area contributed by atoms with Crippen molar-refractivity contribution in [2.45, 2.75) is 10.4 Å². The number of nitrogens with zero attached hydrogens (tertiary/aromatic N) is 1. The zero-order valence-electron chi connectivity index (χ0n) is 10.2. The van der Waals surface area contributed by atoms with Crippen LogP contribution < -0.4 is 10.2 Å². The summed E-state index contributed by atoms with van der Waals surface area (Å²) >= 11 is 0. The van der Waals surface area contributed by atoms with Gasteiger partial charge in [-0.3, -0.25) is 0 Å². The Hall–Kier alpha value is -1.35. The quantitative estimate of drug-likeness (QED) is 0.842. The summed E-state index contributed by atoms with van der Waals surface area (Å²) in [6.07, 6.45) is 0. The van der Waals surface area contributed by atoms with Gasteiger partial charge in [0.05, 0.1) is 10.6 Å². The van der Waals surface area contributed by atoms with E-state index < -0.39 is 26.1 Å². The van der Waals surface area contributed by atoms with Crippen LogP contribution in [0.3, 0.4) is 0 Å². The first-order valence-electron chi connectivity index (χ1n) is 5.80. The van der Waals surface area contributed by atoms with Gasteiger partial charge < -0.3 is 10.2 Å². The van der Waals surface area contributed by atoms with Gasteiger partial charge >= 0.3 is 5.51 Å². The van der Waals surface area contributed by atoms with Gasteiger partial charge in [0.1, 0.15) is 5.82 Å². The van der Waals surface area contributed by atoms with Crippen molar-refractivity contribution in [1.29, 1.82) is 0 Å². The maximum Gasteiger partial charge on any atom is 0.501 e. The first kappa shape index (κ1) is 15.0. The van der Waals surface area contributed by atoms with Gasteiger partial charge in [-0.25, -0.2) is 12.8 Å². The minimum atomic E-state index is -5.52. The van der Waals surface area contributed by atoms with Gasteiger partial charge in [-0.05, 0) is 18.2 Å². The smallest absolute Gasteiger partial charge is 0.367 e. The number of anilines is 1. The molecule has 0 atom stereocenters. The molecule has 1 saturated heterocycles. The van der Waals surface area contributed by atoms with Crippen LogP contribution in [0, 0.1) is 5.82 Å². The van der Waals surface area contributed by atoms with Crippen LogP contribution in [0.2, 0.25) is 0 Å². The fourth-order valence-electron chi connectivity index (χ4n) is 1.95. The van der Waals surface area contributed by atoms with E-state index in [0.29, 0.717) is 32.2 Å². The molecule has 4 nitrogen and oxygen atoms in total. The number of nitrogens with one attached hydrogen (secondary N) is 1. The first-order valence-corrected chi connectivity index (χ1v) is 7.28. The summed E-state index contributed by atoms with van der Waals surface area (Å²) in [6.45, 7) is 2.26. The second-order valence-electron chi connectivity index (χ2n) is 4.30. The summed E-state index contributed by atoms with van der Waals surface area (Å²) in [5, 5.41) is 3.05. The third kappa shape index (κ3) is 2.73. The van der Waals surface area contributed by atoms with E-state index in [9.17, 15) is 26.0 Å². The van der Waals surface area contributed by atoms with Crippen molar-refractivity contribution in [2.75, 3.05) is 31.1 Å². The third-order valence-corrected chi connectivity index (χ3v) is 4.48. The fourth-order valence-corrected chi connectivity index (χ4v) is 2.72. The van der Waals surface area contributed by atoms with Crippen molar-refractivity contribution in [1.82, 2.24) is 5.32 Å². The summed E-state index contributed by atoms with van der Waals surface area (Å²) in [7, 11) is -5.52. The van der Waals surface area contributed by atoms with Gasteiger partial charge in [0.25, 0.3) is 9.84 Å². The molecule has 0 bridgehead atoms. The summed E-state index contributed by atoms with van der Waals surface area (Å²) < 4.78 is 73.3. The molecule has 0 spiro atoms. The molecule has 0 aromatic heterocycles. The standard InChI is InChI=1S/C11H12F4N2O2S/c12-9-7-8(20(18,19)11(13,14)15)1-2-10(9)17-5-3-16-4-6-17/h1-2,7,16H,3-6H2. The van der Waals surface area contributed by atoms with Gasteiger partial charge in [0.15, 0.2) is 0 Å². The maximum absolute atomic E-state index is 13.9. The Kier molecular flexibility index (Phi) is 3.92. The van der Waals surface area contributed by atoms with Crippen LogP contribution in [0.1, 0.15) is 0 Å². The SMILES string of the molecule is O=S(=O)(c1ccc(N2CCNCC2)c(F)c1)C(F)(F)F. The van der Waals surface area contributed by atoms with Crippen LogP contribution in [0.4, 0.5) is 23.2 Å². The molecule has 1 heterocycles. The lowest BCUT2D eigenvalue weighted by molar-refractivity contribution is -0.0436. The van der Waals surface area contributed by atoms with Crippen molar-refractivity contribution in [3.05, 3.63) is 24.0 Å². The van der Waals surface area contributed by atoms with Crippen LogP contribution in [0.25, 0.3) is 0 Å². The molecule has 9 heteroatoms. The lowest BCUT2D eigenvalue weighted by Gasteiger charge is -2.29. The lowest BCUT2D eigenvalue weighted by atomic mass is 10.2. The van der Waals surface area contributed by atoms with Gasteiger partial charge in [-0.15, -0.1) is 0 Å². The van der Waals surface area contributed by atoms with Crippen LogP contribution >= 0.6 is 0 Å². The molecule has 0 unspecified atom stereocenters. The van der Waals surface area contributed by atoms with Gasteiger partial charge in [0.2, 0.25) is 0 Å². The zero-order chi connectivity index (χ0) is 15.0. The highest BCUT2D eigenvalue weighted by Crippen LogP contribution is 2.32. The van der Waals surface area contributed by atoms with Gasteiger partial charge in [-0.2, -0.15) is 13.2 Å². The highest BCUT2D eigenvalue weighted by Gasteiger charge is 2.47. The molecule has 1 aromatic carbocycles. The van der Waals surface area contributed by atoms with E-state index in [2.05, 4.69) is 5.32 Å². The molecule has 1 fully saturated rings. The third-order valence-electron chi connectivity index (χ3n) is 2.99. The highest BCUT2D eigenvalue weighted by atomic mass is 32.2. The number of sulfone groups is 1. The Morgan fingerprint density at radius 1 is 1.15 bits per heavy atom. The van der Waals surface area contributed by atoms with Gasteiger partial charge in [-0.1, -0.05) is 0 Å². The van der Waals surface area contributed by atoms with E-state index in [1.165, 1.54) is 0 Å². The molecule has 0 radical (unpaired) electrons. The largest absolute Gasteiger partial charge is 0.501 e. The number of piperazine rings is 1. The Balaban J connectivity index is 2.35. The summed E-state index contributed by atoms with van der Waals surface area (Å²) in [6, 6.07) is 2.27. The molecule has 1 aliphatic heterocycles. The number of hydrogen-bond donors (Lipinski definition) is 1. The van der Waals surface area contributed by atoms with E-state index in [-0.39, 0.29) is 5.69 Å². The molecular weight excluding hydrogens is 300 g/mol. The molecule has 0 aliphatic carbocycles. The average molecular weight is 312 g/mol. The predicted molar refractivity (Wildman–Crippen MR) is 64.7 cm³/mol. The number of benzene rings is 1. The van der Waals surface area contributed by atoms with Crippen molar-refractivity contribution < 1.29 is 26.0 Å². The second kappa shape index (κ2) is 5.21. The molecule has 112 valence electrons. The van der Waals surface area contributed by atoms with Crippen LogP contribution in [-0.2, 0) is 9.84 Å². The lowest BCUT2D eigenvalue weighted by Crippen LogP contribution is -2.43. The predicted octanol–water partition coefficient (Wildman–Crippen LogP) is 1.53. The van der Waals surface area contributed by atoms with Crippen molar-refractivity contribution in [3.63, 3.8) is 0 Å². The van der Waals surface area contributed by atoms with E-state index in [0.717, 1.165) is 12.1 Å². The Bertz CT molecular complexity index is 595. The number of rotatable bonds is 2. The molecule has 1 N–H and O–H groups in total. The highest BCUT2D eigenvalue weighted by molar-refractivity contribution is 7.92. The molecule has 20 heavy (non-hydrogen) atoms. The second-order valence-corrected chi connectivity index (χ2v) is 6.24. The summed E-state index contributed by atoms with van der Waals surface area (Å²) in [5.41, 5.74) is -5.33. The Morgan fingerprint density at radius 3 is 2.25 bits per heavy atom. The molecule has 2 rings (SSSR count). The normalized spacial score (nSPS) is 17.3. The van der Waals surface area contributed by atoms with E-state index in [1.807, 2.05) is 0 Å². The zero-order valence-corrected chi connectivity index (χ0v) is 11.1. The molecule has 1 aliphatic rings. The minimum Gasteiger partial charge on any atom is -0.367 e. The summed E-state index contributed by atoms with van der Waals surface area (Å²) in [5.74, 6) is -0.975. The van der Waals surface area contributed by atoms with Crippen LogP contribution in [0.5, 0.6) is 0 Å². The molecule has 0 saturated carbocycles. The number of alkyl halides is 3. The molecule has 0 amide bonds. The number of halogens is 4. The Morgan fingerprint density at radius 2 is 1.75 bits per heavy atom. The average Bonchev–Trinajstić information content (AvgIpc) is 2.38. The minimum absolute atomic E-state index is 0.104. The monoisotopic (exact) mass is 312 g/mol. The maximum atomic E-state index is 13.9. The van der Waals surface area contributed by atoms with Crippen LogP contribution in [0.15, 0.2) is 23.1 Å².